The summed E-state index contributed by atoms with van der Waals surface area (Å²) in [5.41, 5.74) is -2.94. The monoisotopic (exact) mass is 378 g/mol. The first-order valence-corrected chi connectivity index (χ1v) is 6.12. The van der Waals surface area contributed by atoms with E-state index < -0.39 is 34.7 Å². The van der Waals surface area contributed by atoms with Gasteiger partial charge in [0.15, 0.2) is 0 Å². The second-order valence-corrected chi connectivity index (χ2v) is 4.41. The predicted octanol–water partition coefficient (Wildman–Crippen LogP) is -4.31. The number of aryl methyl sites for hydroxylation is 2. The third kappa shape index (κ3) is 5.85. The van der Waals surface area contributed by atoms with Crippen LogP contribution in [0.3, 0.4) is 0 Å². The van der Waals surface area contributed by atoms with E-state index in [-0.39, 0.29) is 48.9 Å². The molecule has 2 heterocycles. The Morgan fingerprint density at radius 3 is 1.32 bits per heavy atom. The fraction of sp³-hybridized carbons (Fsp3) is 0.167. The van der Waals surface area contributed by atoms with Gasteiger partial charge in [0, 0.05) is 23.5 Å². The van der Waals surface area contributed by atoms with Crippen LogP contribution in [0.1, 0.15) is 11.1 Å². The molecule has 0 spiro atoms. The van der Waals surface area contributed by atoms with Crippen molar-refractivity contribution >= 4 is 49.9 Å². The summed E-state index contributed by atoms with van der Waals surface area (Å²) in [6.45, 7) is 2.77. The number of H-pyrrole nitrogens is 2. The van der Waals surface area contributed by atoms with Crippen LogP contribution >= 0.6 is 0 Å². The van der Waals surface area contributed by atoms with Gasteiger partial charge in [-0.2, -0.15) is 0 Å². The van der Waals surface area contributed by atoms with Gasteiger partial charge in [-0.05, 0) is 13.8 Å². The minimum Gasteiger partial charge on any atom is -0.529 e. The fourth-order valence-corrected chi connectivity index (χ4v) is 1.40. The Morgan fingerprint density at radius 2 is 1.08 bits per heavy atom. The average Bonchev–Trinajstić information content (AvgIpc) is 2.46. The van der Waals surface area contributed by atoms with E-state index in [2.05, 4.69) is 0 Å². The molecule has 0 amide bonds. The number of hydrogen-bond donors (Lipinski definition) is 2. The SMILES string of the molecule is Cc1cn(C(=O)[O-])c(=O)[nH]c1=O.Cc1cn(C(=O)[O-])c(=O)[nH]c1=O.[Ca+2]. The second kappa shape index (κ2) is 9.15. The molecule has 12 nitrogen and oxygen atoms in total. The van der Waals surface area contributed by atoms with Gasteiger partial charge in [-0.3, -0.25) is 28.7 Å². The summed E-state index contributed by atoms with van der Waals surface area (Å²) < 4.78 is 0.605. The third-order valence-corrected chi connectivity index (χ3v) is 2.63. The molecule has 0 aliphatic carbocycles. The number of hydrogen-bond acceptors (Lipinski definition) is 8. The van der Waals surface area contributed by atoms with Crippen LogP contribution in [0.2, 0.25) is 0 Å². The van der Waals surface area contributed by atoms with Crippen molar-refractivity contribution in [2.45, 2.75) is 13.8 Å². The molecular formula is C12H10CaN4O8. The molecule has 0 fully saturated rings. The number of aromatic amines is 2. The Balaban J connectivity index is 0.000000443. The molecule has 2 N–H and O–H groups in total. The van der Waals surface area contributed by atoms with E-state index in [0.29, 0.717) is 9.13 Å². The first-order valence-electron chi connectivity index (χ1n) is 6.12. The van der Waals surface area contributed by atoms with Crippen molar-refractivity contribution in [3.8, 4) is 0 Å². The Labute approximate surface area is 167 Å². The molecule has 2 aromatic heterocycles. The van der Waals surface area contributed by atoms with Crippen molar-refractivity contribution in [2.75, 3.05) is 0 Å². The number of carbonyl (C=O) groups excluding carboxylic acids is 2. The molecule has 0 unspecified atom stereocenters. The fourth-order valence-electron chi connectivity index (χ4n) is 1.40. The summed E-state index contributed by atoms with van der Waals surface area (Å²) in [4.78, 5) is 67.0. The van der Waals surface area contributed by atoms with Crippen molar-refractivity contribution in [3.63, 3.8) is 0 Å². The smallest absolute Gasteiger partial charge is 0.529 e. The first-order chi connectivity index (χ1) is 11.0. The Kier molecular flexibility index (Phi) is 8.26. The molecule has 25 heavy (non-hydrogen) atoms. The summed E-state index contributed by atoms with van der Waals surface area (Å²) in [5, 5.41) is 20.4. The van der Waals surface area contributed by atoms with E-state index >= 15 is 0 Å². The van der Waals surface area contributed by atoms with Crippen LogP contribution in [0.25, 0.3) is 0 Å². The van der Waals surface area contributed by atoms with Gasteiger partial charge in [-0.1, -0.05) is 0 Å². The third-order valence-electron chi connectivity index (χ3n) is 2.63. The van der Waals surface area contributed by atoms with Gasteiger partial charge < -0.3 is 19.8 Å². The van der Waals surface area contributed by atoms with Crippen LogP contribution in [-0.4, -0.2) is 69.0 Å². The summed E-state index contributed by atoms with van der Waals surface area (Å²) in [5.74, 6) is 0. The summed E-state index contributed by atoms with van der Waals surface area (Å²) in [6.07, 6.45) is -1.51. The van der Waals surface area contributed by atoms with Gasteiger partial charge >= 0.3 is 49.1 Å². The average molecular weight is 378 g/mol. The topological polar surface area (TPSA) is 190 Å². The quantitative estimate of drug-likeness (QED) is 0.430. The minimum absolute atomic E-state index is 0. The zero-order valence-electron chi connectivity index (χ0n) is 13.0. The molecule has 0 atom stereocenters. The minimum atomic E-state index is -1.67. The predicted molar refractivity (Wildman–Crippen MR) is 79.5 cm³/mol. The number of aromatic nitrogens is 4. The number of nitrogens with one attached hydrogen (secondary N) is 2. The molecule has 128 valence electrons. The number of carboxylic acid groups (broad SMARTS) is 2. The maximum absolute atomic E-state index is 10.7. The zero-order valence-corrected chi connectivity index (χ0v) is 15.2. The molecular weight excluding hydrogens is 368 g/mol. The standard InChI is InChI=1S/2C6H6N2O4.Ca/c2*1-3-2-8(6(11)12)5(10)7-4(3)9;/h2*2H,1H3,(H,11,12)(H,7,9,10);/q;;+2/p-2. The van der Waals surface area contributed by atoms with Crippen LogP contribution in [0, 0.1) is 13.8 Å². The Morgan fingerprint density at radius 1 is 0.800 bits per heavy atom. The molecule has 0 saturated heterocycles. The van der Waals surface area contributed by atoms with Gasteiger partial charge in [0.2, 0.25) is 0 Å². The molecule has 0 aliphatic heterocycles. The van der Waals surface area contributed by atoms with E-state index in [0.717, 1.165) is 12.4 Å². The van der Waals surface area contributed by atoms with Crippen LogP contribution in [-0.2, 0) is 0 Å². The second-order valence-electron chi connectivity index (χ2n) is 4.41. The first kappa shape index (κ1) is 22.6. The van der Waals surface area contributed by atoms with E-state index in [4.69, 9.17) is 0 Å². The molecule has 0 bridgehead atoms. The largest absolute Gasteiger partial charge is 2.00 e. The zero-order chi connectivity index (χ0) is 18.6. The van der Waals surface area contributed by atoms with Crippen molar-refractivity contribution in [3.05, 3.63) is 65.2 Å². The van der Waals surface area contributed by atoms with Crippen LogP contribution in [0.15, 0.2) is 31.6 Å². The van der Waals surface area contributed by atoms with Crippen molar-refractivity contribution in [2.24, 2.45) is 0 Å². The van der Waals surface area contributed by atoms with Gasteiger partial charge in [0.1, 0.15) is 12.2 Å². The maximum atomic E-state index is 10.7. The van der Waals surface area contributed by atoms with Crippen molar-refractivity contribution < 1.29 is 19.8 Å². The van der Waals surface area contributed by atoms with E-state index in [1.165, 1.54) is 13.8 Å². The van der Waals surface area contributed by atoms with E-state index in [1.54, 1.807) is 0 Å². The molecule has 0 saturated carbocycles. The van der Waals surface area contributed by atoms with Crippen LogP contribution < -0.4 is 32.7 Å². The summed E-state index contributed by atoms with van der Waals surface area (Å²) in [7, 11) is 0. The van der Waals surface area contributed by atoms with Gasteiger partial charge in [-0.25, -0.2) is 9.59 Å². The number of nitrogens with zero attached hydrogens (tertiary/aromatic N) is 2. The molecule has 2 aromatic rings. The Hall–Kier alpha value is -2.44. The molecule has 13 heteroatoms. The summed E-state index contributed by atoms with van der Waals surface area (Å²) in [6, 6.07) is 0. The number of rotatable bonds is 0. The number of carbonyl (C=O) groups is 2. The van der Waals surface area contributed by atoms with Gasteiger partial charge in [0.05, 0.1) is 0 Å². The van der Waals surface area contributed by atoms with Crippen molar-refractivity contribution in [1.82, 2.24) is 19.1 Å². The molecule has 0 radical (unpaired) electrons. The van der Waals surface area contributed by atoms with Crippen LogP contribution in [0.5, 0.6) is 0 Å². The van der Waals surface area contributed by atoms with Crippen molar-refractivity contribution in [1.29, 1.82) is 0 Å². The van der Waals surface area contributed by atoms with Gasteiger partial charge in [-0.15, -0.1) is 0 Å². The molecule has 0 aliphatic rings. The van der Waals surface area contributed by atoms with Gasteiger partial charge in [0.25, 0.3) is 11.1 Å². The normalized spacial score (nSPS) is 9.36. The van der Waals surface area contributed by atoms with Crippen LogP contribution in [0.4, 0.5) is 9.59 Å². The van der Waals surface area contributed by atoms with E-state index in [1.807, 2.05) is 9.97 Å². The van der Waals surface area contributed by atoms with E-state index in [9.17, 15) is 39.0 Å². The molecule has 0 aromatic carbocycles. The maximum Gasteiger partial charge on any atom is 2.00 e. The summed E-state index contributed by atoms with van der Waals surface area (Å²) >= 11 is 0. The Bertz CT molecular complexity index is 945. The molecule has 2 rings (SSSR count).